The largest absolute Gasteiger partial charge is 0.407 e. The summed E-state index contributed by atoms with van der Waals surface area (Å²) < 4.78 is 11.3. The van der Waals surface area contributed by atoms with Gasteiger partial charge in [0.1, 0.15) is 0 Å². The third-order valence-corrected chi connectivity index (χ3v) is 6.30. The SMILES string of the molecule is CC.CCCCNCCOCc1cc(C#N)ccc1C(=N)O/C(N)=N/C1N=C(c2ccccc2)c2ccccc2NC1=O. The average Bonchev–Trinajstić information content (AvgIpc) is 3.17. The zero-order chi connectivity index (χ0) is 31.0. The Hall–Kier alpha value is -4.85. The first-order valence-corrected chi connectivity index (χ1v) is 14.4. The Bertz CT molecular complexity index is 1480. The maximum Gasteiger partial charge on any atom is 0.291 e. The number of hydrogen-bond donors (Lipinski definition) is 4. The van der Waals surface area contributed by atoms with Crippen LogP contribution in [-0.4, -0.2) is 49.4 Å². The van der Waals surface area contributed by atoms with Crippen LogP contribution in [0.25, 0.3) is 0 Å². The van der Waals surface area contributed by atoms with E-state index in [1.165, 1.54) is 0 Å². The van der Waals surface area contributed by atoms with Crippen LogP contribution in [0.3, 0.4) is 0 Å². The molecule has 3 aromatic rings. The van der Waals surface area contributed by atoms with Crippen LogP contribution in [0.4, 0.5) is 5.69 Å². The number of nitrogens with zero attached hydrogens (tertiary/aromatic N) is 3. The van der Waals surface area contributed by atoms with Crippen molar-refractivity contribution >= 4 is 29.2 Å². The van der Waals surface area contributed by atoms with Gasteiger partial charge < -0.3 is 25.8 Å². The minimum Gasteiger partial charge on any atom is -0.407 e. The average molecular weight is 582 g/mol. The van der Waals surface area contributed by atoms with E-state index in [1.54, 1.807) is 24.3 Å². The highest BCUT2D eigenvalue weighted by molar-refractivity contribution is 6.19. The minimum absolute atomic E-state index is 0.178. The molecule has 1 heterocycles. The van der Waals surface area contributed by atoms with Gasteiger partial charge in [-0.3, -0.25) is 10.2 Å². The summed E-state index contributed by atoms with van der Waals surface area (Å²) >= 11 is 0. The second-order valence-corrected chi connectivity index (χ2v) is 9.29. The van der Waals surface area contributed by atoms with Crippen molar-refractivity contribution < 1.29 is 14.3 Å². The minimum atomic E-state index is -1.24. The van der Waals surface area contributed by atoms with Gasteiger partial charge in [-0.2, -0.15) is 10.3 Å². The molecule has 224 valence electrons. The number of benzodiazepines with no additional fused rings is 1. The zero-order valence-corrected chi connectivity index (χ0v) is 24.9. The predicted octanol–water partition coefficient (Wildman–Crippen LogP) is 4.96. The molecule has 1 aliphatic heterocycles. The maximum atomic E-state index is 13.1. The van der Waals surface area contributed by atoms with E-state index in [-0.39, 0.29) is 12.5 Å². The van der Waals surface area contributed by atoms with Gasteiger partial charge in [0.2, 0.25) is 12.1 Å². The number of carbonyl (C=O) groups is 1. The molecule has 1 aliphatic rings. The lowest BCUT2D eigenvalue weighted by Crippen LogP contribution is -2.29. The number of carbonyl (C=O) groups excluding carboxylic acids is 1. The van der Waals surface area contributed by atoms with E-state index < -0.39 is 18.1 Å². The molecule has 1 unspecified atom stereocenters. The summed E-state index contributed by atoms with van der Waals surface area (Å²) in [6, 6.07) is 23.4. The highest BCUT2D eigenvalue weighted by Crippen LogP contribution is 2.24. The topological polar surface area (TPSA) is 158 Å². The van der Waals surface area contributed by atoms with Crippen LogP contribution in [-0.2, 0) is 20.9 Å². The van der Waals surface area contributed by atoms with Crippen molar-refractivity contribution in [1.29, 1.82) is 10.7 Å². The van der Waals surface area contributed by atoms with Crippen LogP contribution in [0.5, 0.6) is 0 Å². The van der Waals surface area contributed by atoms with Crippen LogP contribution in [0.1, 0.15) is 61.4 Å². The van der Waals surface area contributed by atoms with Gasteiger partial charge >= 0.3 is 0 Å². The van der Waals surface area contributed by atoms with E-state index in [1.807, 2.05) is 62.4 Å². The Morgan fingerprint density at radius 1 is 1.12 bits per heavy atom. The molecular formula is C33H39N7O3. The maximum absolute atomic E-state index is 13.1. The lowest BCUT2D eigenvalue weighted by Gasteiger charge is -2.13. The molecule has 5 N–H and O–H groups in total. The van der Waals surface area contributed by atoms with Gasteiger partial charge in [-0.25, -0.2) is 4.99 Å². The number of hydrogen-bond acceptors (Lipinski definition) is 8. The number of aliphatic imine (C=N–C) groups is 2. The molecule has 0 fully saturated rings. The highest BCUT2D eigenvalue weighted by Gasteiger charge is 2.26. The lowest BCUT2D eigenvalue weighted by molar-refractivity contribution is -0.117. The van der Waals surface area contributed by atoms with Gasteiger partial charge in [0.25, 0.3) is 11.9 Å². The Morgan fingerprint density at radius 3 is 2.60 bits per heavy atom. The zero-order valence-electron chi connectivity index (χ0n) is 24.9. The molecule has 0 bridgehead atoms. The van der Waals surface area contributed by atoms with E-state index in [9.17, 15) is 10.1 Å². The number of nitriles is 1. The number of unbranched alkanes of at least 4 members (excludes halogenated alkanes) is 1. The lowest BCUT2D eigenvalue weighted by atomic mass is 10.0. The van der Waals surface area contributed by atoms with Crippen molar-refractivity contribution in [2.24, 2.45) is 15.7 Å². The standard InChI is InChI=1S/C31H33N7O3.C2H6/c1-2-3-15-35-16-17-40-20-23-18-21(19-32)13-14-24(23)28(33)41-31(34)38-29-30(39)36-26-12-8-7-11-25(26)27(37-29)22-9-5-4-6-10-22;1-2/h4-14,18,29,33,35H,2-3,15-17,20H2,1H3,(H2,34,38)(H,36,39);1-2H3. The number of ether oxygens (including phenoxy) is 2. The van der Waals surface area contributed by atoms with E-state index in [0.717, 1.165) is 30.5 Å². The Kier molecular flexibility index (Phi) is 13.1. The van der Waals surface area contributed by atoms with Gasteiger partial charge in [0.15, 0.2) is 0 Å². The van der Waals surface area contributed by atoms with Gasteiger partial charge in [-0.15, -0.1) is 0 Å². The summed E-state index contributed by atoms with van der Waals surface area (Å²) in [5.41, 5.74) is 10.2. The molecule has 0 saturated carbocycles. The molecule has 4 rings (SSSR count). The van der Waals surface area contributed by atoms with Crippen LogP contribution < -0.4 is 16.4 Å². The number of para-hydroxylation sites is 1. The number of amidine groups is 1. The Morgan fingerprint density at radius 2 is 1.86 bits per heavy atom. The van der Waals surface area contributed by atoms with E-state index in [0.29, 0.717) is 41.2 Å². The molecule has 10 heteroatoms. The highest BCUT2D eigenvalue weighted by atomic mass is 16.5. The van der Waals surface area contributed by atoms with Crippen molar-refractivity contribution in [3.63, 3.8) is 0 Å². The van der Waals surface area contributed by atoms with E-state index >= 15 is 0 Å². The monoisotopic (exact) mass is 581 g/mol. The second-order valence-electron chi connectivity index (χ2n) is 9.29. The molecule has 0 aliphatic carbocycles. The molecule has 43 heavy (non-hydrogen) atoms. The Balaban J connectivity index is 0.00000248. The summed E-state index contributed by atoms with van der Waals surface area (Å²) in [6.07, 6.45) is 0.973. The number of amides is 1. The summed E-state index contributed by atoms with van der Waals surface area (Å²) in [4.78, 5) is 21.9. The predicted molar refractivity (Wildman–Crippen MR) is 170 cm³/mol. The normalized spacial score (nSPS) is 14.2. The molecule has 10 nitrogen and oxygen atoms in total. The van der Waals surface area contributed by atoms with Crippen LogP contribution in [0.2, 0.25) is 0 Å². The number of nitrogens with two attached hydrogens (primary N) is 1. The smallest absolute Gasteiger partial charge is 0.291 e. The Labute approximate surface area is 253 Å². The first-order valence-electron chi connectivity index (χ1n) is 14.4. The molecule has 1 atom stereocenters. The van der Waals surface area contributed by atoms with Crippen LogP contribution in [0, 0.1) is 16.7 Å². The number of fused-ring (bicyclic) bond motifs is 1. The fourth-order valence-electron chi connectivity index (χ4n) is 4.22. The molecule has 1 amide bonds. The molecule has 0 saturated heterocycles. The molecule has 0 spiro atoms. The number of benzene rings is 3. The molecular weight excluding hydrogens is 542 g/mol. The third-order valence-electron chi connectivity index (χ3n) is 6.30. The summed E-state index contributed by atoms with van der Waals surface area (Å²) in [7, 11) is 0. The fraction of sp³-hybridized carbons (Fsp3) is 0.303. The van der Waals surface area contributed by atoms with E-state index in [2.05, 4.69) is 33.6 Å². The third kappa shape index (κ3) is 9.33. The molecule has 3 aromatic carbocycles. The van der Waals surface area contributed by atoms with E-state index in [4.69, 9.17) is 20.6 Å². The first-order chi connectivity index (χ1) is 21.0. The first kappa shape index (κ1) is 32.7. The number of nitrogens with one attached hydrogen (secondary N) is 3. The van der Waals surface area contributed by atoms with Crippen molar-refractivity contribution in [2.75, 3.05) is 25.0 Å². The van der Waals surface area contributed by atoms with Crippen LogP contribution >= 0.6 is 0 Å². The molecule has 0 aromatic heterocycles. The number of rotatable bonds is 11. The van der Waals surface area contributed by atoms with Crippen molar-refractivity contribution in [3.8, 4) is 6.07 Å². The fourth-order valence-corrected chi connectivity index (χ4v) is 4.22. The van der Waals surface area contributed by atoms with Gasteiger partial charge in [-0.1, -0.05) is 75.7 Å². The van der Waals surface area contributed by atoms with Crippen molar-refractivity contribution in [1.82, 2.24) is 5.32 Å². The number of anilines is 1. The quantitative estimate of drug-likeness (QED) is 0.142. The van der Waals surface area contributed by atoms with Crippen LogP contribution in [0.15, 0.2) is 82.8 Å². The van der Waals surface area contributed by atoms with Gasteiger partial charge in [0, 0.05) is 23.2 Å². The summed E-state index contributed by atoms with van der Waals surface area (Å²) in [5, 5.41) is 24.1. The van der Waals surface area contributed by atoms with Gasteiger partial charge in [-0.05, 0) is 42.8 Å². The second kappa shape index (κ2) is 17.2. The van der Waals surface area contributed by atoms with Gasteiger partial charge in [0.05, 0.1) is 36.2 Å². The summed E-state index contributed by atoms with van der Waals surface area (Å²) in [5.74, 6) is -0.776. The summed E-state index contributed by atoms with van der Waals surface area (Å²) in [6.45, 7) is 8.40. The van der Waals surface area contributed by atoms with Crippen molar-refractivity contribution in [2.45, 2.75) is 46.4 Å². The molecule has 0 radical (unpaired) electrons. The van der Waals surface area contributed by atoms with Crippen molar-refractivity contribution in [3.05, 3.63) is 101 Å².